The highest BCUT2D eigenvalue weighted by Crippen LogP contribution is 2.60. The first-order chi connectivity index (χ1) is 23.0. The Labute approximate surface area is 274 Å². The fourth-order valence-electron chi connectivity index (χ4n) is 7.53. The van der Waals surface area contributed by atoms with Crippen LogP contribution >= 0.6 is 11.3 Å². The van der Waals surface area contributed by atoms with E-state index in [2.05, 4.69) is 4.74 Å². The third-order valence-corrected chi connectivity index (χ3v) is 10.6. The standard InChI is InChI=1S/C33H27F4N3O7S/c1-15-10-18-23(26(35)25(15)34)30-24-19(13-48-30)33(36,37)11-16-4-3-5-17(22(16)24)27(18)40-21-12-45-9-8-38(21)31(42)28-29(20(41)6-7-39(28)40)46-14-47-32(43)44-2/h3-7,13,15,21,27H,8-12,14H2,1-2H3. The number of alkyl halides is 2. The Kier molecular flexibility index (Phi) is 7.00. The molecule has 0 spiro atoms. The average molecular weight is 686 g/mol. The van der Waals surface area contributed by atoms with E-state index < -0.39 is 72.2 Å². The molecule has 3 unspecified atom stereocenters. The van der Waals surface area contributed by atoms with Gasteiger partial charge in [-0.3, -0.25) is 19.3 Å². The van der Waals surface area contributed by atoms with Gasteiger partial charge in [-0.1, -0.05) is 25.1 Å². The van der Waals surface area contributed by atoms with Gasteiger partial charge in [-0.2, -0.15) is 0 Å². The minimum Gasteiger partial charge on any atom is -0.451 e. The maximum atomic E-state index is 16.4. The molecule has 3 aliphatic carbocycles. The van der Waals surface area contributed by atoms with Crippen molar-refractivity contribution in [2.75, 3.05) is 38.7 Å². The van der Waals surface area contributed by atoms with Gasteiger partial charge >= 0.3 is 6.16 Å². The molecule has 250 valence electrons. The van der Waals surface area contributed by atoms with E-state index in [4.69, 9.17) is 14.2 Å². The summed E-state index contributed by atoms with van der Waals surface area (Å²) in [4.78, 5) is 40.6. The Bertz CT molecular complexity index is 2040. The van der Waals surface area contributed by atoms with Gasteiger partial charge in [-0.15, -0.1) is 11.3 Å². The van der Waals surface area contributed by atoms with Crippen molar-refractivity contribution in [3.8, 4) is 16.9 Å². The molecular weight excluding hydrogens is 658 g/mol. The maximum Gasteiger partial charge on any atom is 0.510 e. The van der Waals surface area contributed by atoms with Gasteiger partial charge in [-0.05, 0) is 28.7 Å². The molecule has 5 aliphatic rings. The molecule has 0 saturated carbocycles. The van der Waals surface area contributed by atoms with Crippen LogP contribution in [0.5, 0.6) is 5.75 Å². The van der Waals surface area contributed by atoms with Crippen LogP contribution < -0.4 is 15.2 Å². The van der Waals surface area contributed by atoms with Crippen molar-refractivity contribution < 1.29 is 46.1 Å². The van der Waals surface area contributed by atoms with Gasteiger partial charge in [0.1, 0.15) is 12.0 Å². The quantitative estimate of drug-likeness (QED) is 0.193. The largest absolute Gasteiger partial charge is 0.510 e. The third-order valence-electron chi connectivity index (χ3n) is 9.56. The third kappa shape index (κ3) is 4.29. The summed E-state index contributed by atoms with van der Waals surface area (Å²) in [6, 6.07) is 5.27. The van der Waals surface area contributed by atoms with Crippen LogP contribution in [0.1, 0.15) is 51.4 Å². The number of hydrogen-bond donors (Lipinski definition) is 0. The summed E-state index contributed by atoms with van der Waals surface area (Å²) in [6.45, 7) is 1.13. The molecule has 10 nitrogen and oxygen atoms in total. The van der Waals surface area contributed by atoms with Crippen LogP contribution in [-0.4, -0.2) is 61.5 Å². The van der Waals surface area contributed by atoms with Crippen molar-refractivity contribution in [1.82, 2.24) is 9.58 Å². The van der Waals surface area contributed by atoms with Crippen LogP contribution in [0.3, 0.4) is 0 Å². The number of halogens is 4. The van der Waals surface area contributed by atoms with E-state index in [1.165, 1.54) is 27.2 Å². The topological polar surface area (TPSA) is 99.5 Å². The van der Waals surface area contributed by atoms with E-state index in [0.29, 0.717) is 22.3 Å². The first-order valence-electron chi connectivity index (χ1n) is 15.2. The molecule has 1 fully saturated rings. The van der Waals surface area contributed by atoms with E-state index in [1.54, 1.807) is 30.1 Å². The zero-order valence-electron chi connectivity index (χ0n) is 25.6. The van der Waals surface area contributed by atoms with E-state index in [9.17, 15) is 14.4 Å². The number of pyridine rings is 1. The molecule has 48 heavy (non-hydrogen) atoms. The second-order valence-electron chi connectivity index (χ2n) is 12.2. The van der Waals surface area contributed by atoms with Crippen molar-refractivity contribution in [3.63, 3.8) is 0 Å². The summed E-state index contributed by atoms with van der Waals surface area (Å²) in [6.07, 6.45) is -1.05. The lowest BCUT2D eigenvalue weighted by Crippen LogP contribution is -2.66. The zero-order valence-corrected chi connectivity index (χ0v) is 26.4. The molecule has 8 rings (SSSR count). The highest BCUT2D eigenvalue weighted by atomic mass is 32.1. The predicted octanol–water partition coefficient (Wildman–Crippen LogP) is 5.79. The Morgan fingerprint density at radius 1 is 1.17 bits per heavy atom. The molecule has 2 aliphatic heterocycles. The molecule has 1 amide bonds. The van der Waals surface area contributed by atoms with Gasteiger partial charge in [-0.25, -0.2) is 22.4 Å². The number of ether oxygens (including phenoxy) is 4. The van der Waals surface area contributed by atoms with Crippen LogP contribution in [0.4, 0.5) is 22.4 Å². The van der Waals surface area contributed by atoms with Gasteiger partial charge in [0.05, 0.1) is 26.4 Å². The Hall–Kier alpha value is -4.63. The number of carbonyl (C=O) groups excluding carboxylic acids is 2. The first-order valence-corrected chi connectivity index (χ1v) is 16.1. The number of morpholine rings is 1. The highest BCUT2D eigenvalue weighted by Gasteiger charge is 2.51. The molecule has 3 atom stereocenters. The van der Waals surface area contributed by atoms with Crippen LogP contribution in [0.15, 0.2) is 57.9 Å². The zero-order chi connectivity index (χ0) is 33.6. The maximum absolute atomic E-state index is 16.4. The lowest BCUT2D eigenvalue weighted by Gasteiger charge is -2.52. The molecule has 2 aromatic heterocycles. The lowest BCUT2D eigenvalue weighted by atomic mass is 9.80. The number of benzene rings is 1. The molecule has 0 radical (unpaired) electrons. The van der Waals surface area contributed by atoms with E-state index in [1.807, 2.05) is 0 Å². The van der Waals surface area contributed by atoms with E-state index in [0.717, 1.165) is 18.4 Å². The number of rotatable bonds is 4. The first kappa shape index (κ1) is 30.7. The summed E-state index contributed by atoms with van der Waals surface area (Å²) in [5.41, 5.74) is 0.791. The van der Waals surface area contributed by atoms with Crippen molar-refractivity contribution in [1.29, 1.82) is 0 Å². The molecule has 4 heterocycles. The van der Waals surface area contributed by atoms with Crippen molar-refractivity contribution in [2.45, 2.75) is 37.9 Å². The number of thiophene rings is 1. The van der Waals surface area contributed by atoms with Crippen molar-refractivity contribution in [2.24, 2.45) is 5.92 Å². The van der Waals surface area contributed by atoms with E-state index >= 15 is 17.6 Å². The average Bonchev–Trinajstić information content (AvgIpc) is 3.47. The Balaban J connectivity index is 1.42. The van der Waals surface area contributed by atoms with Gasteiger partial charge in [0.25, 0.3) is 11.8 Å². The number of carbonyl (C=O) groups is 2. The minimum atomic E-state index is -3.24. The van der Waals surface area contributed by atoms with Crippen LogP contribution in [0.2, 0.25) is 0 Å². The lowest BCUT2D eigenvalue weighted by molar-refractivity contribution is -0.0211. The molecule has 3 aromatic rings. The predicted molar refractivity (Wildman–Crippen MR) is 164 cm³/mol. The summed E-state index contributed by atoms with van der Waals surface area (Å²) >= 11 is 0.951. The monoisotopic (exact) mass is 685 g/mol. The van der Waals surface area contributed by atoms with Crippen LogP contribution in [0.25, 0.3) is 16.7 Å². The Morgan fingerprint density at radius 2 is 1.98 bits per heavy atom. The summed E-state index contributed by atoms with van der Waals surface area (Å²) in [7, 11) is 1.10. The summed E-state index contributed by atoms with van der Waals surface area (Å²) in [5, 5.41) is 3.08. The molecule has 0 bridgehead atoms. The highest BCUT2D eigenvalue weighted by molar-refractivity contribution is 7.12. The minimum absolute atomic E-state index is 0.0143. The Morgan fingerprint density at radius 3 is 2.77 bits per heavy atom. The molecule has 0 N–H and O–H groups in total. The second-order valence-corrected chi connectivity index (χ2v) is 13.1. The fourth-order valence-corrected chi connectivity index (χ4v) is 8.72. The SMILES string of the molecule is COC(=O)OCOc1c2n(ccc1=O)N(C1C3=C(C(F)=C(F)C(C)C3)c3scc4c3-c3c(cccc31)CC4(F)F)C1COCCN1C2=O. The van der Waals surface area contributed by atoms with Gasteiger partial charge < -0.3 is 23.8 Å². The van der Waals surface area contributed by atoms with Gasteiger partial charge in [0.15, 0.2) is 11.5 Å². The number of fused-ring (bicyclic) bond motifs is 3. The van der Waals surface area contributed by atoms with Crippen LogP contribution in [-0.2, 0) is 26.6 Å². The second kappa shape index (κ2) is 11.0. The van der Waals surface area contributed by atoms with Crippen molar-refractivity contribution in [3.05, 3.63) is 90.6 Å². The number of nitrogens with zero attached hydrogens (tertiary/aromatic N) is 3. The van der Waals surface area contributed by atoms with Crippen LogP contribution in [0, 0.1) is 5.92 Å². The fraction of sp³-hybridized carbons (Fsp3) is 0.364. The summed E-state index contributed by atoms with van der Waals surface area (Å²) in [5.74, 6) is -7.18. The van der Waals surface area contributed by atoms with Crippen molar-refractivity contribution >= 4 is 29.0 Å². The van der Waals surface area contributed by atoms with E-state index in [-0.39, 0.29) is 53.5 Å². The van der Waals surface area contributed by atoms with Gasteiger partial charge in [0, 0.05) is 58.1 Å². The summed E-state index contributed by atoms with van der Waals surface area (Å²) < 4.78 is 85.4. The molecule has 1 aromatic carbocycles. The molecular formula is C33H27F4N3O7S. The number of allylic oxidation sites excluding steroid dienone is 3. The smallest absolute Gasteiger partial charge is 0.451 e. The number of hydrogen-bond acceptors (Lipinski definition) is 9. The number of methoxy groups -OCH3 is 1. The number of amides is 1. The molecule has 1 saturated heterocycles. The molecule has 15 heteroatoms. The number of aromatic nitrogens is 1. The normalized spacial score (nSPS) is 23.5. The van der Waals surface area contributed by atoms with Gasteiger partial charge in [0.2, 0.25) is 18.0 Å².